The molecule has 9 nitrogen and oxygen atoms in total. The van der Waals surface area contributed by atoms with Crippen molar-refractivity contribution in [3.8, 4) is 23.0 Å². The van der Waals surface area contributed by atoms with E-state index in [-0.39, 0.29) is 17.9 Å². The number of amides is 4. The van der Waals surface area contributed by atoms with Crippen LogP contribution in [0.1, 0.15) is 22.3 Å². The second-order valence-electron chi connectivity index (χ2n) is 9.97. The van der Waals surface area contributed by atoms with Crippen molar-refractivity contribution in [2.45, 2.75) is 20.1 Å². The van der Waals surface area contributed by atoms with E-state index in [9.17, 15) is 14.4 Å². The second kappa shape index (κ2) is 13.9. The minimum atomic E-state index is -0.859. The van der Waals surface area contributed by atoms with Gasteiger partial charge in [-0.25, -0.2) is 9.69 Å². The maximum absolute atomic E-state index is 13.4. The monoisotopic (exact) mass is 690 g/mol. The fourth-order valence-corrected chi connectivity index (χ4v) is 5.38. The lowest BCUT2D eigenvalue weighted by molar-refractivity contribution is -0.122. The molecular formula is C34H28BrClN2O7. The molecule has 0 aromatic heterocycles. The third-order valence-corrected chi connectivity index (χ3v) is 7.75. The number of barbiturate groups is 1. The maximum atomic E-state index is 13.4. The molecule has 1 saturated heterocycles. The zero-order valence-corrected chi connectivity index (χ0v) is 26.9. The summed E-state index contributed by atoms with van der Waals surface area (Å²) in [6, 6.07) is 22.6. The molecule has 0 spiro atoms. The number of hydrogen-bond acceptors (Lipinski definition) is 7. The molecule has 4 aromatic rings. The summed E-state index contributed by atoms with van der Waals surface area (Å²) in [6.07, 6.45) is 1.38. The number of nitrogens with one attached hydrogen (secondary N) is 1. The average Bonchev–Trinajstić information content (AvgIpc) is 3.03. The maximum Gasteiger partial charge on any atom is 0.335 e. The first-order valence-corrected chi connectivity index (χ1v) is 14.9. The molecule has 5 rings (SSSR count). The van der Waals surface area contributed by atoms with Gasteiger partial charge < -0.3 is 18.9 Å². The van der Waals surface area contributed by atoms with Crippen LogP contribution in [0.15, 0.2) is 88.9 Å². The average molecular weight is 692 g/mol. The predicted molar refractivity (Wildman–Crippen MR) is 174 cm³/mol. The summed E-state index contributed by atoms with van der Waals surface area (Å²) in [5.74, 6) is 0.336. The van der Waals surface area contributed by atoms with E-state index in [1.807, 2.05) is 48.5 Å². The van der Waals surface area contributed by atoms with Crippen molar-refractivity contribution in [2.24, 2.45) is 0 Å². The molecule has 11 heteroatoms. The summed E-state index contributed by atoms with van der Waals surface area (Å²) in [5.41, 5.74) is 3.00. The lowest BCUT2D eigenvalue weighted by Crippen LogP contribution is -2.54. The van der Waals surface area contributed by atoms with Crippen LogP contribution in [-0.4, -0.2) is 32.1 Å². The molecule has 0 saturated carbocycles. The molecule has 1 heterocycles. The highest BCUT2D eigenvalue weighted by atomic mass is 79.9. The largest absolute Gasteiger partial charge is 0.493 e. The zero-order valence-electron chi connectivity index (χ0n) is 24.6. The number of imide groups is 2. The fraction of sp³-hybridized carbons (Fsp3) is 0.147. The van der Waals surface area contributed by atoms with Crippen LogP contribution in [-0.2, 0) is 22.8 Å². The highest BCUT2D eigenvalue weighted by Gasteiger charge is 2.37. The fourth-order valence-electron chi connectivity index (χ4n) is 4.64. The van der Waals surface area contributed by atoms with Gasteiger partial charge in [0.25, 0.3) is 11.8 Å². The Morgan fingerprint density at radius 3 is 2.29 bits per heavy atom. The zero-order chi connectivity index (χ0) is 32.1. The first-order chi connectivity index (χ1) is 21.7. The van der Waals surface area contributed by atoms with Crippen LogP contribution in [0, 0.1) is 6.92 Å². The molecule has 0 unspecified atom stereocenters. The van der Waals surface area contributed by atoms with Gasteiger partial charge >= 0.3 is 6.03 Å². The van der Waals surface area contributed by atoms with Crippen molar-refractivity contribution in [3.05, 3.63) is 116 Å². The second-order valence-corrected chi connectivity index (χ2v) is 11.3. The Balaban J connectivity index is 1.35. The summed E-state index contributed by atoms with van der Waals surface area (Å²) in [6.45, 7) is 2.32. The molecule has 45 heavy (non-hydrogen) atoms. The van der Waals surface area contributed by atoms with E-state index in [0.717, 1.165) is 16.0 Å². The van der Waals surface area contributed by atoms with E-state index in [2.05, 4.69) is 21.2 Å². The predicted octanol–water partition coefficient (Wildman–Crippen LogP) is 7.25. The normalized spacial score (nSPS) is 13.9. The number of halogens is 2. The van der Waals surface area contributed by atoms with Crippen LogP contribution >= 0.6 is 27.5 Å². The summed E-state index contributed by atoms with van der Waals surface area (Å²) >= 11 is 9.64. The number of aryl methyl sites for hydroxylation is 1. The standard InChI is InChI=1S/C34H28BrClN2O7/c1-20-9-11-24(36)17-27(20)38-33(40)25(32(39)37-34(38)41)13-23-14-26(35)31(30(16-23)43-3)45-19-22-10-12-28(29(15-22)42-2)44-18-21-7-5-4-6-8-21/h4-17H,18-19H2,1-3H3,(H,37,39,41)/b25-13+. The Hall–Kier alpha value is -4.80. The number of anilines is 1. The van der Waals surface area contributed by atoms with Gasteiger partial charge in [-0.1, -0.05) is 54.1 Å². The van der Waals surface area contributed by atoms with E-state index >= 15 is 0 Å². The topological polar surface area (TPSA) is 103 Å². The van der Waals surface area contributed by atoms with Gasteiger partial charge in [0, 0.05) is 5.02 Å². The minimum absolute atomic E-state index is 0.182. The lowest BCUT2D eigenvalue weighted by Gasteiger charge is -2.27. The quantitative estimate of drug-likeness (QED) is 0.138. The number of urea groups is 1. The molecule has 0 bridgehead atoms. The number of nitrogens with zero attached hydrogens (tertiary/aromatic N) is 1. The van der Waals surface area contributed by atoms with Gasteiger partial charge in [0.2, 0.25) is 0 Å². The third kappa shape index (κ3) is 7.13. The number of carbonyl (C=O) groups is 3. The molecule has 4 aromatic carbocycles. The van der Waals surface area contributed by atoms with E-state index in [4.69, 9.17) is 30.5 Å². The number of rotatable bonds is 10. The molecule has 230 valence electrons. The Labute approximate surface area is 273 Å². The first-order valence-electron chi connectivity index (χ1n) is 13.7. The van der Waals surface area contributed by atoms with Gasteiger partial charge in [0.15, 0.2) is 23.0 Å². The number of carbonyl (C=O) groups excluding carboxylic acids is 3. The van der Waals surface area contributed by atoms with Crippen LogP contribution < -0.4 is 29.2 Å². The van der Waals surface area contributed by atoms with E-state index in [1.165, 1.54) is 19.3 Å². The molecule has 0 radical (unpaired) electrons. The van der Waals surface area contributed by atoms with Crippen LogP contribution in [0.5, 0.6) is 23.0 Å². The molecule has 0 atom stereocenters. The first kappa shape index (κ1) is 31.6. The van der Waals surface area contributed by atoms with Gasteiger partial charge in [0.05, 0.1) is 24.4 Å². The van der Waals surface area contributed by atoms with Crippen molar-refractivity contribution in [2.75, 3.05) is 19.1 Å². The Bertz CT molecular complexity index is 1810. The van der Waals surface area contributed by atoms with Crippen LogP contribution in [0.3, 0.4) is 0 Å². The van der Waals surface area contributed by atoms with Crippen molar-refractivity contribution in [1.29, 1.82) is 0 Å². The van der Waals surface area contributed by atoms with Gasteiger partial charge in [-0.05, 0) is 87.6 Å². The molecular weight excluding hydrogens is 664 g/mol. The van der Waals surface area contributed by atoms with E-state index < -0.39 is 17.8 Å². The number of benzene rings is 4. The SMILES string of the molecule is COc1cc(COc2c(Br)cc(/C=C3\C(=O)NC(=O)N(c4cc(Cl)ccc4C)C3=O)cc2OC)ccc1OCc1ccccc1. The van der Waals surface area contributed by atoms with Crippen LogP contribution in [0.25, 0.3) is 6.08 Å². The molecule has 1 aliphatic rings. The van der Waals surface area contributed by atoms with Crippen LogP contribution in [0.2, 0.25) is 5.02 Å². The third-order valence-electron chi connectivity index (χ3n) is 6.92. The Kier molecular flexibility index (Phi) is 9.75. The van der Waals surface area contributed by atoms with E-state index in [0.29, 0.717) is 50.2 Å². The van der Waals surface area contributed by atoms with Crippen molar-refractivity contribution >= 4 is 57.1 Å². The summed E-state index contributed by atoms with van der Waals surface area (Å²) in [5, 5.41) is 2.57. The smallest absolute Gasteiger partial charge is 0.335 e. The Morgan fingerprint density at radius 1 is 0.822 bits per heavy atom. The highest BCUT2D eigenvalue weighted by Crippen LogP contribution is 2.39. The molecule has 4 amide bonds. The molecule has 1 aliphatic heterocycles. The van der Waals surface area contributed by atoms with Crippen molar-refractivity contribution < 1.29 is 33.3 Å². The minimum Gasteiger partial charge on any atom is -0.493 e. The van der Waals surface area contributed by atoms with Gasteiger partial charge in [-0.2, -0.15) is 0 Å². The molecule has 1 N–H and O–H groups in total. The summed E-state index contributed by atoms with van der Waals surface area (Å²) in [7, 11) is 3.05. The van der Waals surface area contributed by atoms with Gasteiger partial charge in [-0.3, -0.25) is 14.9 Å². The van der Waals surface area contributed by atoms with E-state index in [1.54, 1.807) is 38.3 Å². The Morgan fingerprint density at radius 2 is 1.56 bits per heavy atom. The van der Waals surface area contributed by atoms with Crippen molar-refractivity contribution in [1.82, 2.24) is 5.32 Å². The summed E-state index contributed by atoms with van der Waals surface area (Å²) in [4.78, 5) is 39.7. The summed E-state index contributed by atoms with van der Waals surface area (Å²) < 4.78 is 23.7. The van der Waals surface area contributed by atoms with Gasteiger partial charge in [-0.15, -0.1) is 0 Å². The molecule has 1 fully saturated rings. The highest BCUT2D eigenvalue weighted by molar-refractivity contribution is 9.10. The molecule has 0 aliphatic carbocycles. The van der Waals surface area contributed by atoms with Gasteiger partial charge in [0.1, 0.15) is 18.8 Å². The lowest BCUT2D eigenvalue weighted by atomic mass is 10.1. The number of methoxy groups -OCH3 is 2. The number of ether oxygens (including phenoxy) is 4. The number of hydrogen-bond donors (Lipinski definition) is 1. The van der Waals surface area contributed by atoms with Crippen molar-refractivity contribution in [3.63, 3.8) is 0 Å². The van der Waals surface area contributed by atoms with Crippen LogP contribution in [0.4, 0.5) is 10.5 Å².